The Balaban J connectivity index is 0. The van der Waals surface area contributed by atoms with Gasteiger partial charge in [-0.3, -0.25) is 4.18 Å². The van der Waals surface area contributed by atoms with Crippen molar-refractivity contribution in [3.8, 4) is 5.75 Å². The van der Waals surface area contributed by atoms with Crippen LogP contribution in [-0.2, 0) is 14.3 Å². The van der Waals surface area contributed by atoms with Crippen molar-refractivity contribution in [1.29, 1.82) is 0 Å². The van der Waals surface area contributed by atoms with Crippen molar-refractivity contribution >= 4 is 22.7 Å². The number of phenols is 1. The van der Waals surface area contributed by atoms with Crippen LogP contribution in [0.3, 0.4) is 0 Å². The number of benzene rings is 1. The van der Waals surface area contributed by atoms with E-state index in [2.05, 4.69) is 16.8 Å². The van der Waals surface area contributed by atoms with E-state index in [4.69, 9.17) is 5.11 Å². The third kappa shape index (κ3) is 3.15. The predicted molar refractivity (Wildman–Crippen MR) is 50.7 cm³/mol. The number of rotatable bonds is 2. The normalized spacial score (nSPS) is 10.7. The number of aromatic hydroxyl groups is 1. The summed E-state index contributed by atoms with van der Waals surface area (Å²) >= 11 is 3.88. The molecule has 74 valence electrons. The van der Waals surface area contributed by atoms with E-state index in [0.29, 0.717) is 4.90 Å². The smallest absolute Gasteiger partial charge is 1.00 e. The molecule has 0 heterocycles. The van der Waals surface area contributed by atoms with E-state index in [0.717, 1.165) is 13.2 Å². The van der Waals surface area contributed by atoms with E-state index in [1.807, 2.05) is 0 Å². The Kier molecular flexibility index (Phi) is 5.50. The fraction of sp³-hybridized carbons (Fsp3) is 0.143. The molecule has 0 bridgehead atoms. The molecule has 0 aromatic heterocycles. The largest absolute Gasteiger partial charge is 1.00 e. The first-order chi connectivity index (χ1) is 5.97. The summed E-state index contributed by atoms with van der Waals surface area (Å²) in [7, 11) is -2.67. The van der Waals surface area contributed by atoms with Gasteiger partial charge in [-0.15, -0.1) is 12.6 Å². The van der Waals surface area contributed by atoms with E-state index in [9.17, 15) is 8.42 Å². The SMILES string of the molecule is COS(=O)(=O)c1ccc(S)c(O)c1.[H-].[Na+]. The first-order valence-corrected chi connectivity index (χ1v) is 5.15. The summed E-state index contributed by atoms with van der Waals surface area (Å²) in [4.78, 5) is 0.223. The van der Waals surface area contributed by atoms with Gasteiger partial charge in [-0.1, -0.05) is 0 Å². The van der Waals surface area contributed by atoms with Gasteiger partial charge >= 0.3 is 29.6 Å². The molecule has 0 spiro atoms. The molecule has 1 N–H and O–H groups in total. The molecule has 0 aliphatic rings. The van der Waals surface area contributed by atoms with E-state index >= 15 is 0 Å². The quantitative estimate of drug-likeness (QED) is 0.363. The first-order valence-electron chi connectivity index (χ1n) is 3.30. The third-order valence-corrected chi connectivity index (χ3v) is 3.10. The number of phenolic OH excluding ortho intramolecular Hbond substituents is 1. The molecule has 4 nitrogen and oxygen atoms in total. The summed E-state index contributed by atoms with van der Waals surface area (Å²) in [6.07, 6.45) is 0. The van der Waals surface area contributed by atoms with E-state index in [-0.39, 0.29) is 41.6 Å². The van der Waals surface area contributed by atoms with Gasteiger partial charge in [-0.25, -0.2) is 0 Å². The van der Waals surface area contributed by atoms with Gasteiger partial charge in [-0.05, 0) is 12.1 Å². The van der Waals surface area contributed by atoms with Crippen molar-refractivity contribution < 1.29 is 48.7 Å². The molecular weight excluding hydrogens is 235 g/mol. The molecule has 1 rings (SSSR count). The Labute approximate surface area is 112 Å². The summed E-state index contributed by atoms with van der Waals surface area (Å²) in [5.74, 6) is -0.193. The van der Waals surface area contributed by atoms with E-state index < -0.39 is 10.1 Å². The van der Waals surface area contributed by atoms with Crippen molar-refractivity contribution in [3.63, 3.8) is 0 Å². The molecule has 0 saturated heterocycles. The molecule has 7 heteroatoms. The first kappa shape index (κ1) is 14.3. The standard InChI is InChI=1S/C7H8O4S2.Na.H/c1-11-13(9,10)5-2-3-7(12)6(8)4-5;;/h2-4,8,12H,1H3;;/q;+1;-1. The predicted octanol–water partition coefficient (Wildman–Crippen LogP) is -1.87. The topological polar surface area (TPSA) is 63.6 Å². The number of thiol groups is 1. The number of hydrogen-bond acceptors (Lipinski definition) is 5. The Morgan fingerprint density at radius 1 is 1.50 bits per heavy atom. The van der Waals surface area contributed by atoms with Crippen LogP contribution in [0, 0.1) is 0 Å². The maximum Gasteiger partial charge on any atom is 1.00 e. The molecule has 0 fully saturated rings. The van der Waals surface area contributed by atoms with Crippen LogP contribution in [0.15, 0.2) is 28.0 Å². The molecule has 0 unspecified atom stereocenters. The van der Waals surface area contributed by atoms with Gasteiger partial charge in [0.25, 0.3) is 10.1 Å². The summed E-state index contributed by atoms with van der Waals surface area (Å²) < 4.78 is 26.5. The van der Waals surface area contributed by atoms with Crippen molar-refractivity contribution in [1.82, 2.24) is 0 Å². The van der Waals surface area contributed by atoms with Crippen LogP contribution in [-0.4, -0.2) is 20.6 Å². The monoisotopic (exact) mass is 244 g/mol. The average Bonchev–Trinajstić information content (AvgIpc) is 2.09. The van der Waals surface area contributed by atoms with Crippen LogP contribution in [0.4, 0.5) is 0 Å². The summed E-state index contributed by atoms with van der Waals surface area (Å²) in [5.41, 5.74) is 0. The van der Waals surface area contributed by atoms with E-state index in [1.165, 1.54) is 12.1 Å². The zero-order chi connectivity index (χ0) is 10.1. The summed E-state index contributed by atoms with van der Waals surface area (Å²) in [5, 5.41) is 9.16. The third-order valence-electron chi connectivity index (χ3n) is 1.45. The van der Waals surface area contributed by atoms with Crippen molar-refractivity contribution in [2.45, 2.75) is 9.79 Å². The van der Waals surface area contributed by atoms with Gasteiger partial charge in [0.1, 0.15) is 5.75 Å². The van der Waals surface area contributed by atoms with Crippen molar-refractivity contribution in [2.24, 2.45) is 0 Å². The summed E-state index contributed by atoms with van der Waals surface area (Å²) in [6, 6.07) is 3.77. The van der Waals surface area contributed by atoms with Crippen molar-refractivity contribution in [2.75, 3.05) is 7.11 Å². The minimum absolute atomic E-state index is 0. The Morgan fingerprint density at radius 2 is 2.07 bits per heavy atom. The van der Waals surface area contributed by atoms with Gasteiger partial charge in [0.2, 0.25) is 0 Å². The number of hydrogen-bond donors (Lipinski definition) is 2. The fourth-order valence-electron chi connectivity index (χ4n) is 0.755. The second-order valence-electron chi connectivity index (χ2n) is 2.27. The van der Waals surface area contributed by atoms with Crippen LogP contribution < -0.4 is 29.6 Å². The van der Waals surface area contributed by atoms with Gasteiger partial charge in [0.05, 0.1) is 12.0 Å². The van der Waals surface area contributed by atoms with Crippen LogP contribution in [0.2, 0.25) is 0 Å². The zero-order valence-corrected chi connectivity index (χ0v) is 11.5. The molecular formula is C7H9NaO4S2. The molecule has 0 aliphatic carbocycles. The molecule has 1 aromatic rings. The summed E-state index contributed by atoms with van der Waals surface area (Å²) in [6.45, 7) is 0. The van der Waals surface area contributed by atoms with E-state index in [1.54, 1.807) is 0 Å². The van der Waals surface area contributed by atoms with Crippen molar-refractivity contribution in [3.05, 3.63) is 18.2 Å². The maximum atomic E-state index is 11.1. The molecule has 1 aromatic carbocycles. The van der Waals surface area contributed by atoms with Gasteiger partial charge in [-0.2, -0.15) is 8.42 Å². The molecule has 0 saturated carbocycles. The fourth-order valence-corrected chi connectivity index (χ4v) is 1.58. The molecule has 0 aliphatic heterocycles. The van der Waals surface area contributed by atoms with Gasteiger partial charge < -0.3 is 6.53 Å². The second kappa shape index (κ2) is 5.39. The van der Waals surface area contributed by atoms with Gasteiger partial charge in [0, 0.05) is 11.0 Å². The van der Waals surface area contributed by atoms with Crippen LogP contribution in [0.5, 0.6) is 5.75 Å². The maximum absolute atomic E-state index is 11.1. The minimum atomic E-state index is -3.73. The Morgan fingerprint density at radius 3 is 2.50 bits per heavy atom. The second-order valence-corrected chi connectivity index (χ2v) is 4.47. The molecule has 0 atom stereocenters. The average molecular weight is 244 g/mol. The molecule has 0 radical (unpaired) electrons. The zero-order valence-electron chi connectivity index (χ0n) is 8.76. The van der Waals surface area contributed by atoms with Gasteiger partial charge in [0.15, 0.2) is 0 Å². The van der Waals surface area contributed by atoms with Crippen LogP contribution in [0.1, 0.15) is 1.43 Å². The Hall–Kier alpha value is 0.280. The Bertz CT molecular complexity index is 421. The minimum Gasteiger partial charge on any atom is -1.00 e. The van der Waals surface area contributed by atoms with Crippen LogP contribution in [0.25, 0.3) is 0 Å². The molecule has 0 amide bonds. The molecule has 14 heavy (non-hydrogen) atoms. The van der Waals surface area contributed by atoms with Crippen LogP contribution >= 0.6 is 12.6 Å².